The van der Waals surface area contributed by atoms with Crippen molar-refractivity contribution in [2.45, 2.75) is 59.5 Å². The van der Waals surface area contributed by atoms with E-state index in [0.717, 1.165) is 13.1 Å². The van der Waals surface area contributed by atoms with E-state index in [1.165, 1.54) is 12.8 Å². The molecule has 0 saturated carbocycles. The zero-order chi connectivity index (χ0) is 11.1. The topological polar surface area (TPSA) is 29.3 Å². The van der Waals surface area contributed by atoms with Crippen molar-refractivity contribution < 1.29 is 0 Å². The lowest BCUT2D eigenvalue weighted by molar-refractivity contribution is 0.120. The normalized spacial score (nSPS) is 16.3. The summed E-state index contributed by atoms with van der Waals surface area (Å²) in [6.45, 7) is 13.2. The van der Waals surface area contributed by atoms with E-state index in [-0.39, 0.29) is 0 Å². The Morgan fingerprint density at radius 1 is 1.14 bits per heavy atom. The minimum absolute atomic E-state index is 0.556. The molecule has 0 spiro atoms. The maximum atomic E-state index is 5.88. The molecule has 14 heavy (non-hydrogen) atoms. The maximum absolute atomic E-state index is 5.88. The fourth-order valence-corrected chi connectivity index (χ4v) is 2.32. The summed E-state index contributed by atoms with van der Waals surface area (Å²) in [5.74, 6) is 0.715. The lowest BCUT2D eigenvalue weighted by atomic mass is 9.94. The second-order valence-electron chi connectivity index (χ2n) is 4.49. The van der Waals surface area contributed by atoms with Gasteiger partial charge in [0.25, 0.3) is 0 Å². The van der Waals surface area contributed by atoms with Gasteiger partial charge in [-0.05, 0) is 32.7 Å². The Hall–Kier alpha value is -0.0800. The van der Waals surface area contributed by atoms with Crippen LogP contribution in [0, 0.1) is 5.92 Å². The Morgan fingerprint density at radius 3 is 2.00 bits per heavy atom. The molecule has 0 fully saturated rings. The highest BCUT2D eigenvalue weighted by Gasteiger charge is 2.23. The third-order valence-electron chi connectivity index (χ3n) is 3.10. The lowest BCUT2D eigenvalue weighted by Crippen LogP contribution is -2.48. The Morgan fingerprint density at radius 2 is 1.71 bits per heavy atom. The molecule has 0 rings (SSSR count). The first kappa shape index (κ1) is 13.9. The highest BCUT2D eigenvalue weighted by Crippen LogP contribution is 2.17. The van der Waals surface area contributed by atoms with E-state index in [0.29, 0.717) is 18.0 Å². The molecule has 0 bridgehead atoms. The second-order valence-corrected chi connectivity index (χ2v) is 4.49. The van der Waals surface area contributed by atoms with Crippen molar-refractivity contribution in [1.82, 2.24) is 4.90 Å². The zero-order valence-electron chi connectivity index (χ0n) is 10.6. The highest BCUT2D eigenvalue weighted by molar-refractivity contribution is 4.79. The number of likely N-dealkylation sites (N-methyl/N-ethyl adjacent to an activating group) is 1. The largest absolute Gasteiger partial charge is 0.329 e. The predicted molar refractivity (Wildman–Crippen MR) is 64.4 cm³/mol. The molecule has 2 N–H and O–H groups in total. The molecule has 0 aliphatic carbocycles. The van der Waals surface area contributed by atoms with Gasteiger partial charge in [0, 0.05) is 18.6 Å². The first-order valence-electron chi connectivity index (χ1n) is 6.04. The average molecular weight is 200 g/mol. The smallest absolute Gasteiger partial charge is 0.0246 e. The van der Waals surface area contributed by atoms with Crippen LogP contribution in [0.4, 0.5) is 0 Å². The molecule has 2 nitrogen and oxygen atoms in total. The summed E-state index contributed by atoms with van der Waals surface area (Å²) in [5, 5.41) is 0. The van der Waals surface area contributed by atoms with E-state index in [4.69, 9.17) is 5.73 Å². The Balaban J connectivity index is 4.34. The van der Waals surface area contributed by atoms with Crippen molar-refractivity contribution >= 4 is 0 Å². The highest BCUT2D eigenvalue weighted by atomic mass is 15.2. The Labute approximate surface area is 89.9 Å². The van der Waals surface area contributed by atoms with Crippen LogP contribution < -0.4 is 5.73 Å². The van der Waals surface area contributed by atoms with Crippen molar-refractivity contribution in [3.8, 4) is 0 Å². The van der Waals surface area contributed by atoms with Gasteiger partial charge in [-0.1, -0.05) is 27.2 Å². The molecule has 86 valence electrons. The number of rotatable bonds is 7. The van der Waals surface area contributed by atoms with Gasteiger partial charge < -0.3 is 5.73 Å². The van der Waals surface area contributed by atoms with Crippen molar-refractivity contribution in [3.05, 3.63) is 0 Å². The maximum Gasteiger partial charge on any atom is 0.0246 e. The van der Waals surface area contributed by atoms with E-state index in [1.807, 2.05) is 0 Å². The van der Waals surface area contributed by atoms with Gasteiger partial charge in [0.2, 0.25) is 0 Å². The van der Waals surface area contributed by atoms with Gasteiger partial charge >= 0.3 is 0 Å². The molecule has 2 atom stereocenters. The molecule has 2 heteroatoms. The Kier molecular flexibility index (Phi) is 7.20. The molecule has 0 aromatic rings. The summed E-state index contributed by atoms with van der Waals surface area (Å²) in [6, 6.07) is 1.16. The van der Waals surface area contributed by atoms with Crippen molar-refractivity contribution in [2.75, 3.05) is 13.1 Å². The van der Waals surface area contributed by atoms with E-state index < -0.39 is 0 Å². The lowest BCUT2D eigenvalue weighted by Gasteiger charge is -2.37. The van der Waals surface area contributed by atoms with Gasteiger partial charge in [0.15, 0.2) is 0 Å². The molecule has 0 amide bonds. The van der Waals surface area contributed by atoms with Crippen molar-refractivity contribution in [1.29, 1.82) is 0 Å². The molecular formula is C12H28N2. The molecule has 0 aliphatic rings. The van der Waals surface area contributed by atoms with E-state index in [2.05, 4.69) is 39.5 Å². The van der Waals surface area contributed by atoms with Crippen molar-refractivity contribution in [3.63, 3.8) is 0 Å². The van der Waals surface area contributed by atoms with Crippen LogP contribution in [0.1, 0.15) is 47.5 Å². The molecule has 0 aromatic heterocycles. The van der Waals surface area contributed by atoms with Crippen LogP contribution in [-0.2, 0) is 0 Å². The monoisotopic (exact) mass is 200 g/mol. The molecule has 0 radical (unpaired) electrons. The minimum atomic E-state index is 0.556. The number of nitrogens with zero attached hydrogens (tertiary/aromatic N) is 1. The summed E-state index contributed by atoms with van der Waals surface area (Å²) < 4.78 is 0. The minimum Gasteiger partial charge on any atom is -0.329 e. The predicted octanol–water partition coefficient (Wildman–Crippen LogP) is 2.48. The fourth-order valence-electron chi connectivity index (χ4n) is 2.32. The fraction of sp³-hybridized carbons (Fsp3) is 1.00. The van der Waals surface area contributed by atoms with Gasteiger partial charge in [0.1, 0.15) is 0 Å². The quantitative estimate of drug-likeness (QED) is 0.684. The van der Waals surface area contributed by atoms with E-state index in [1.54, 1.807) is 0 Å². The number of nitrogens with two attached hydrogens (primary N) is 1. The van der Waals surface area contributed by atoms with Gasteiger partial charge in [-0.25, -0.2) is 0 Å². The summed E-state index contributed by atoms with van der Waals surface area (Å²) in [6.07, 6.45) is 2.54. The summed E-state index contributed by atoms with van der Waals surface area (Å²) >= 11 is 0. The zero-order valence-corrected chi connectivity index (χ0v) is 10.6. The molecule has 2 unspecified atom stereocenters. The molecule has 0 aromatic carbocycles. The number of hydrogen-bond donors (Lipinski definition) is 1. The third-order valence-corrected chi connectivity index (χ3v) is 3.10. The van der Waals surface area contributed by atoms with E-state index in [9.17, 15) is 0 Å². The van der Waals surface area contributed by atoms with Crippen LogP contribution in [-0.4, -0.2) is 30.1 Å². The van der Waals surface area contributed by atoms with Crippen LogP contribution in [0.15, 0.2) is 0 Å². The first-order valence-corrected chi connectivity index (χ1v) is 6.04. The first-order chi connectivity index (χ1) is 6.58. The summed E-state index contributed by atoms with van der Waals surface area (Å²) in [5.41, 5.74) is 5.88. The summed E-state index contributed by atoms with van der Waals surface area (Å²) in [7, 11) is 0. The van der Waals surface area contributed by atoms with Crippen molar-refractivity contribution in [2.24, 2.45) is 11.7 Å². The average Bonchev–Trinajstić information content (AvgIpc) is 2.13. The standard InChI is InChI=1S/C12H28N2/c1-6-8-11(5)12(9-13)14(7-2)10(3)4/h10-12H,6-9,13H2,1-5H3. The van der Waals surface area contributed by atoms with Gasteiger partial charge in [-0.3, -0.25) is 4.90 Å². The van der Waals surface area contributed by atoms with Crippen LogP contribution in [0.3, 0.4) is 0 Å². The molecule has 0 saturated heterocycles. The third kappa shape index (κ3) is 3.97. The molecule has 0 heterocycles. The van der Waals surface area contributed by atoms with Gasteiger partial charge in [-0.2, -0.15) is 0 Å². The van der Waals surface area contributed by atoms with Gasteiger partial charge in [0.05, 0.1) is 0 Å². The van der Waals surface area contributed by atoms with Crippen LogP contribution in [0.5, 0.6) is 0 Å². The molecule has 0 aliphatic heterocycles. The second kappa shape index (κ2) is 7.24. The van der Waals surface area contributed by atoms with Gasteiger partial charge in [-0.15, -0.1) is 0 Å². The van der Waals surface area contributed by atoms with E-state index >= 15 is 0 Å². The molecular weight excluding hydrogens is 172 g/mol. The van der Waals surface area contributed by atoms with Crippen LogP contribution in [0.25, 0.3) is 0 Å². The van der Waals surface area contributed by atoms with Crippen LogP contribution in [0.2, 0.25) is 0 Å². The number of hydrogen-bond acceptors (Lipinski definition) is 2. The van der Waals surface area contributed by atoms with Crippen LogP contribution >= 0.6 is 0 Å². The Bertz CT molecular complexity index is 134. The SMILES string of the molecule is CCCC(C)C(CN)N(CC)C(C)C. The summed E-state index contributed by atoms with van der Waals surface area (Å²) in [4.78, 5) is 2.51.